The zero-order chi connectivity index (χ0) is 14.0. The summed E-state index contributed by atoms with van der Waals surface area (Å²) in [5, 5.41) is 6.77. The van der Waals surface area contributed by atoms with Crippen molar-refractivity contribution in [2.24, 2.45) is 7.05 Å². The molecule has 1 aromatic heterocycles. The molecule has 7 heteroatoms. The van der Waals surface area contributed by atoms with Crippen molar-refractivity contribution in [1.29, 1.82) is 0 Å². The first-order valence-electron chi connectivity index (χ1n) is 5.44. The first kappa shape index (κ1) is 12.9. The van der Waals surface area contributed by atoms with Gasteiger partial charge < -0.3 is 15.8 Å². The van der Waals surface area contributed by atoms with Crippen molar-refractivity contribution >= 4 is 23.0 Å². The summed E-state index contributed by atoms with van der Waals surface area (Å²) in [6.45, 7) is 0. The monoisotopic (exact) mass is 264 g/mol. The lowest BCUT2D eigenvalue weighted by Crippen LogP contribution is -2.07. The maximum absolute atomic E-state index is 13.8. The van der Waals surface area contributed by atoms with Crippen molar-refractivity contribution < 1.29 is 13.9 Å². The second kappa shape index (κ2) is 4.97. The molecule has 100 valence electrons. The van der Waals surface area contributed by atoms with Crippen LogP contribution in [0.25, 0.3) is 0 Å². The van der Waals surface area contributed by atoms with Crippen molar-refractivity contribution in [2.45, 2.75) is 0 Å². The molecule has 0 radical (unpaired) electrons. The smallest absolute Gasteiger partial charge is 0.340 e. The number of hydrogen-bond donors (Lipinski definition) is 2. The number of rotatable bonds is 3. The van der Waals surface area contributed by atoms with Gasteiger partial charge in [-0.2, -0.15) is 5.10 Å². The fourth-order valence-electron chi connectivity index (χ4n) is 1.61. The number of carbonyl (C=O) groups excluding carboxylic acids is 1. The van der Waals surface area contributed by atoms with Crippen LogP contribution in [0.4, 0.5) is 21.5 Å². The molecule has 2 rings (SSSR count). The normalized spacial score (nSPS) is 10.3. The molecule has 0 aliphatic heterocycles. The van der Waals surface area contributed by atoms with E-state index in [1.807, 2.05) is 0 Å². The Balaban J connectivity index is 2.37. The molecule has 3 N–H and O–H groups in total. The van der Waals surface area contributed by atoms with Gasteiger partial charge in [-0.25, -0.2) is 9.18 Å². The summed E-state index contributed by atoms with van der Waals surface area (Å²) < 4.78 is 19.9. The summed E-state index contributed by atoms with van der Waals surface area (Å²) >= 11 is 0. The number of esters is 1. The Labute approximate surface area is 109 Å². The molecule has 0 amide bonds. The number of halogens is 1. The molecule has 0 fully saturated rings. The minimum atomic E-state index is -0.619. The molecular formula is C12H13FN4O2. The Morgan fingerprint density at radius 1 is 1.53 bits per heavy atom. The molecule has 0 unspecified atom stereocenters. The largest absolute Gasteiger partial charge is 0.465 e. The van der Waals surface area contributed by atoms with Crippen LogP contribution in [0.5, 0.6) is 0 Å². The molecule has 0 atom stereocenters. The summed E-state index contributed by atoms with van der Waals surface area (Å²) in [6.07, 6.45) is 3.21. The SMILES string of the molecule is COC(=O)c1cc(Nc2cnn(C)c2)c(F)cc1N. The van der Waals surface area contributed by atoms with Gasteiger partial charge in [-0.1, -0.05) is 0 Å². The number of nitrogens with one attached hydrogen (secondary N) is 1. The average molecular weight is 264 g/mol. The summed E-state index contributed by atoms with van der Waals surface area (Å²) in [6, 6.07) is 2.38. The predicted molar refractivity (Wildman–Crippen MR) is 68.6 cm³/mol. The van der Waals surface area contributed by atoms with Crippen LogP contribution in [-0.4, -0.2) is 22.9 Å². The molecule has 1 heterocycles. The number of anilines is 3. The van der Waals surface area contributed by atoms with Crippen molar-refractivity contribution in [3.63, 3.8) is 0 Å². The highest BCUT2D eigenvalue weighted by atomic mass is 19.1. The number of ether oxygens (including phenoxy) is 1. The first-order valence-corrected chi connectivity index (χ1v) is 5.44. The number of benzene rings is 1. The molecule has 19 heavy (non-hydrogen) atoms. The van der Waals surface area contributed by atoms with Crippen molar-refractivity contribution in [2.75, 3.05) is 18.2 Å². The molecule has 0 aliphatic carbocycles. The number of methoxy groups -OCH3 is 1. The lowest BCUT2D eigenvalue weighted by molar-refractivity contribution is 0.0602. The number of aromatic nitrogens is 2. The third-order valence-corrected chi connectivity index (χ3v) is 2.53. The standard InChI is InChI=1S/C12H13FN4O2/c1-17-6-7(5-15-17)16-11-3-8(12(18)19-2)10(14)4-9(11)13/h3-6,16H,14H2,1-2H3. The molecule has 0 saturated carbocycles. The van der Waals surface area contributed by atoms with Crippen LogP contribution >= 0.6 is 0 Å². The summed E-state index contributed by atoms with van der Waals surface area (Å²) in [7, 11) is 2.98. The van der Waals surface area contributed by atoms with Gasteiger partial charge in [-0.15, -0.1) is 0 Å². The van der Waals surface area contributed by atoms with Crippen LogP contribution in [0.2, 0.25) is 0 Å². The number of carbonyl (C=O) groups is 1. The molecule has 2 aromatic rings. The number of hydrogen-bond acceptors (Lipinski definition) is 5. The molecule has 6 nitrogen and oxygen atoms in total. The van der Waals surface area contributed by atoms with E-state index in [-0.39, 0.29) is 16.9 Å². The molecular weight excluding hydrogens is 251 g/mol. The zero-order valence-corrected chi connectivity index (χ0v) is 10.5. The van der Waals surface area contributed by atoms with E-state index in [0.717, 1.165) is 6.07 Å². The predicted octanol–water partition coefficient (Wildman–Crippen LogP) is 1.67. The lowest BCUT2D eigenvalue weighted by Gasteiger charge is -2.09. The van der Waals surface area contributed by atoms with E-state index in [2.05, 4.69) is 15.2 Å². The van der Waals surface area contributed by atoms with Gasteiger partial charge in [0.25, 0.3) is 0 Å². The van der Waals surface area contributed by atoms with E-state index in [9.17, 15) is 9.18 Å². The molecule has 0 bridgehead atoms. The maximum Gasteiger partial charge on any atom is 0.340 e. The molecule has 1 aromatic carbocycles. The van der Waals surface area contributed by atoms with E-state index in [1.165, 1.54) is 19.4 Å². The Morgan fingerprint density at radius 3 is 2.84 bits per heavy atom. The Morgan fingerprint density at radius 2 is 2.26 bits per heavy atom. The second-order valence-electron chi connectivity index (χ2n) is 3.94. The van der Waals surface area contributed by atoms with E-state index in [0.29, 0.717) is 5.69 Å². The van der Waals surface area contributed by atoms with Gasteiger partial charge in [0.2, 0.25) is 0 Å². The van der Waals surface area contributed by atoms with Crippen molar-refractivity contribution in [3.05, 3.63) is 35.9 Å². The quantitative estimate of drug-likeness (QED) is 0.651. The Bertz CT molecular complexity index is 624. The van der Waals surface area contributed by atoms with E-state index >= 15 is 0 Å². The van der Waals surface area contributed by atoms with E-state index < -0.39 is 11.8 Å². The average Bonchev–Trinajstić information content (AvgIpc) is 2.77. The van der Waals surface area contributed by atoms with Crippen LogP contribution in [0.3, 0.4) is 0 Å². The van der Waals surface area contributed by atoms with Crippen LogP contribution in [0, 0.1) is 5.82 Å². The van der Waals surface area contributed by atoms with Crippen LogP contribution in [0.15, 0.2) is 24.5 Å². The van der Waals surface area contributed by atoms with E-state index in [4.69, 9.17) is 5.73 Å². The summed E-state index contributed by atoms with van der Waals surface area (Å²) in [5.74, 6) is -1.18. The van der Waals surface area contributed by atoms with Crippen molar-refractivity contribution in [3.8, 4) is 0 Å². The Kier molecular flexibility index (Phi) is 3.37. The van der Waals surface area contributed by atoms with Crippen LogP contribution in [0.1, 0.15) is 10.4 Å². The Hall–Kier alpha value is -2.57. The highest BCUT2D eigenvalue weighted by Gasteiger charge is 2.15. The van der Waals surface area contributed by atoms with Gasteiger partial charge in [0.15, 0.2) is 0 Å². The third-order valence-electron chi connectivity index (χ3n) is 2.53. The van der Waals surface area contributed by atoms with Gasteiger partial charge >= 0.3 is 5.97 Å². The first-order chi connectivity index (χ1) is 9.01. The number of aryl methyl sites for hydroxylation is 1. The van der Waals surface area contributed by atoms with Gasteiger partial charge in [0.05, 0.1) is 30.2 Å². The maximum atomic E-state index is 13.8. The second-order valence-corrected chi connectivity index (χ2v) is 3.94. The fourth-order valence-corrected chi connectivity index (χ4v) is 1.61. The summed E-state index contributed by atoms with van der Waals surface area (Å²) in [4.78, 5) is 11.5. The third kappa shape index (κ3) is 2.65. The molecule has 0 aliphatic rings. The van der Waals surface area contributed by atoms with Crippen LogP contribution in [-0.2, 0) is 11.8 Å². The molecule has 0 saturated heterocycles. The highest BCUT2D eigenvalue weighted by molar-refractivity contribution is 5.96. The van der Waals surface area contributed by atoms with Crippen molar-refractivity contribution in [1.82, 2.24) is 9.78 Å². The minimum Gasteiger partial charge on any atom is -0.465 e. The minimum absolute atomic E-state index is 0.0288. The fraction of sp³-hybridized carbons (Fsp3) is 0.167. The highest BCUT2D eigenvalue weighted by Crippen LogP contribution is 2.25. The van der Waals surface area contributed by atoms with Gasteiger partial charge in [0, 0.05) is 18.9 Å². The van der Waals surface area contributed by atoms with Gasteiger partial charge in [-0.05, 0) is 12.1 Å². The topological polar surface area (TPSA) is 82.2 Å². The molecule has 0 spiro atoms. The van der Waals surface area contributed by atoms with Gasteiger partial charge in [-0.3, -0.25) is 4.68 Å². The van der Waals surface area contributed by atoms with Gasteiger partial charge in [0.1, 0.15) is 5.82 Å². The number of nitrogens with two attached hydrogens (primary N) is 1. The lowest BCUT2D eigenvalue weighted by atomic mass is 10.1. The summed E-state index contributed by atoms with van der Waals surface area (Å²) in [5.41, 5.74) is 6.44. The number of nitrogens with zero attached hydrogens (tertiary/aromatic N) is 2. The zero-order valence-electron chi connectivity index (χ0n) is 10.5. The van der Waals surface area contributed by atoms with Crippen LogP contribution < -0.4 is 11.1 Å². The van der Waals surface area contributed by atoms with E-state index in [1.54, 1.807) is 17.9 Å². The number of nitrogen functional groups attached to an aromatic ring is 1.